The zero-order valence-electron chi connectivity index (χ0n) is 10.0. The van der Waals surface area contributed by atoms with Crippen molar-refractivity contribution in [2.45, 2.75) is 25.3 Å². The molecular weight excluding hydrogens is 273 g/mol. The van der Waals surface area contributed by atoms with Gasteiger partial charge in [-0.25, -0.2) is 4.39 Å². The fourth-order valence-corrected chi connectivity index (χ4v) is 2.44. The first kappa shape index (κ1) is 13.8. The first-order chi connectivity index (χ1) is 8.97. The molecule has 1 fully saturated rings. The SMILES string of the molecule is O=C(N[C@H]1CC[C@@H](C(=O)O)C1)c1cc(Cl)ccc1F. The molecule has 2 atom stereocenters. The summed E-state index contributed by atoms with van der Waals surface area (Å²) in [4.78, 5) is 22.7. The van der Waals surface area contributed by atoms with Crippen LogP contribution in [0.2, 0.25) is 5.02 Å². The Kier molecular flexibility index (Phi) is 4.04. The number of carboxylic acids is 1. The van der Waals surface area contributed by atoms with Gasteiger partial charge in [0.15, 0.2) is 0 Å². The van der Waals surface area contributed by atoms with E-state index >= 15 is 0 Å². The van der Waals surface area contributed by atoms with Crippen LogP contribution in [0.5, 0.6) is 0 Å². The summed E-state index contributed by atoms with van der Waals surface area (Å²) in [5.41, 5.74) is -0.119. The summed E-state index contributed by atoms with van der Waals surface area (Å²) in [7, 11) is 0. The van der Waals surface area contributed by atoms with Crippen LogP contribution >= 0.6 is 11.6 Å². The van der Waals surface area contributed by atoms with Crippen molar-refractivity contribution in [3.63, 3.8) is 0 Å². The number of rotatable bonds is 3. The molecule has 0 bridgehead atoms. The second-order valence-corrected chi connectivity index (χ2v) is 5.08. The molecule has 0 aliphatic heterocycles. The number of benzene rings is 1. The molecule has 102 valence electrons. The number of carboxylic acid groups (broad SMARTS) is 1. The largest absolute Gasteiger partial charge is 0.481 e. The van der Waals surface area contributed by atoms with Crippen LogP contribution in [0.25, 0.3) is 0 Å². The maximum absolute atomic E-state index is 13.5. The smallest absolute Gasteiger partial charge is 0.306 e. The van der Waals surface area contributed by atoms with Crippen molar-refractivity contribution >= 4 is 23.5 Å². The summed E-state index contributed by atoms with van der Waals surface area (Å²) < 4.78 is 13.5. The third kappa shape index (κ3) is 3.23. The molecule has 0 spiro atoms. The molecule has 0 unspecified atom stereocenters. The average Bonchev–Trinajstić information content (AvgIpc) is 2.80. The Labute approximate surface area is 114 Å². The summed E-state index contributed by atoms with van der Waals surface area (Å²) in [6.45, 7) is 0. The molecule has 0 saturated heterocycles. The van der Waals surface area contributed by atoms with Gasteiger partial charge < -0.3 is 10.4 Å². The number of amides is 1. The number of aliphatic carboxylic acids is 1. The lowest BCUT2D eigenvalue weighted by molar-refractivity contribution is -0.141. The lowest BCUT2D eigenvalue weighted by atomic mass is 10.1. The molecule has 19 heavy (non-hydrogen) atoms. The molecule has 0 heterocycles. The van der Waals surface area contributed by atoms with E-state index in [1.54, 1.807) is 0 Å². The van der Waals surface area contributed by atoms with E-state index in [-0.39, 0.29) is 16.6 Å². The van der Waals surface area contributed by atoms with Crippen LogP contribution in [0.3, 0.4) is 0 Å². The van der Waals surface area contributed by atoms with E-state index in [0.717, 1.165) is 6.07 Å². The fraction of sp³-hybridized carbons (Fsp3) is 0.385. The first-order valence-electron chi connectivity index (χ1n) is 5.96. The van der Waals surface area contributed by atoms with E-state index in [1.165, 1.54) is 12.1 Å². The number of nitrogens with one attached hydrogen (secondary N) is 1. The minimum Gasteiger partial charge on any atom is -0.481 e. The molecule has 1 aromatic rings. The summed E-state index contributed by atoms with van der Waals surface area (Å²) >= 11 is 5.72. The van der Waals surface area contributed by atoms with Gasteiger partial charge in [0.25, 0.3) is 5.91 Å². The fourth-order valence-electron chi connectivity index (χ4n) is 2.27. The zero-order chi connectivity index (χ0) is 14.0. The van der Waals surface area contributed by atoms with Crippen molar-refractivity contribution in [2.24, 2.45) is 5.92 Å². The minimum atomic E-state index is -0.856. The monoisotopic (exact) mass is 285 g/mol. The molecule has 2 rings (SSSR count). The van der Waals surface area contributed by atoms with Gasteiger partial charge in [0, 0.05) is 11.1 Å². The second kappa shape index (κ2) is 5.57. The first-order valence-corrected chi connectivity index (χ1v) is 6.34. The predicted octanol–water partition coefficient (Wildman–Crippen LogP) is 2.46. The van der Waals surface area contributed by atoms with Gasteiger partial charge in [-0.15, -0.1) is 0 Å². The van der Waals surface area contributed by atoms with Gasteiger partial charge in [-0.05, 0) is 37.5 Å². The van der Waals surface area contributed by atoms with Gasteiger partial charge in [-0.2, -0.15) is 0 Å². The van der Waals surface area contributed by atoms with Gasteiger partial charge in [-0.1, -0.05) is 11.6 Å². The molecule has 1 amide bonds. The number of carbonyl (C=O) groups is 2. The third-order valence-electron chi connectivity index (χ3n) is 3.29. The number of carbonyl (C=O) groups excluding carboxylic acids is 1. The number of hydrogen-bond donors (Lipinski definition) is 2. The highest BCUT2D eigenvalue weighted by molar-refractivity contribution is 6.31. The van der Waals surface area contributed by atoms with Crippen LogP contribution in [0.4, 0.5) is 4.39 Å². The molecule has 1 aromatic carbocycles. The Bertz CT molecular complexity index is 521. The standard InChI is InChI=1S/C13H13ClFNO3/c14-8-2-4-11(15)10(6-8)12(17)16-9-3-1-7(5-9)13(18)19/h2,4,6-7,9H,1,3,5H2,(H,16,17)(H,18,19)/t7-,9+/m1/s1. The molecule has 1 saturated carbocycles. The maximum Gasteiger partial charge on any atom is 0.306 e. The molecule has 0 radical (unpaired) electrons. The zero-order valence-corrected chi connectivity index (χ0v) is 10.8. The molecular formula is C13H13ClFNO3. The minimum absolute atomic E-state index is 0.119. The van der Waals surface area contributed by atoms with Gasteiger partial charge in [0.1, 0.15) is 5.82 Å². The van der Waals surface area contributed by atoms with E-state index < -0.39 is 23.6 Å². The summed E-state index contributed by atoms with van der Waals surface area (Å²) in [5, 5.41) is 11.8. The van der Waals surface area contributed by atoms with Crippen LogP contribution in [0.15, 0.2) is 18.2 Å². The Balaban J connectivity index is 2.02. The Morgan fingerprint density at radius 1 is 1.37 bits per heavy atom. The van der Waals surface area contributed by atoms with Crippen molar-refractivity contribution < 1.29 is 19.1 Å². The number of halogens is 2. The predicted molar refractivity (Wildman–Crippen MR) is 67.6 cm³/mol. The van der Waals surface area contributed by atoms with Crippen molar-refractivity contribution in [3.05, 3.63) is 34.6 Å². The van der Waals surface area contributed by atoms with E-state index in [2.05, 4.69) is 5.32 Å². The van der Waals surface area contributed by atoms with Crippen molar-refractivity contribution in [2.75, 3.05) is 0 Å². The molecule has 0 aromatic heterocycles. The molecule has 4 nitrogen and oxygen atoms in total. The van der Waals surface area contributed by atoms with Gasteiger partial charge >= 0.3 is 5.97 Å². The Hall–Kier alpha value is -1.62. The second-order valence-electron chi connectivity index (χ2n) is 4.64. The molecule has 2 N–H and O–H groups in total. The van der Waals surface area contributed by atoms with E-state index in [0.29, 0.717) is 19.3 Å². The van der Waals surface area contributed by atoms with Crippen LogP contribution < -0.4 is 5.32 Å². The van der Waals surface area contributed by atoms with E-state index in [4.69, 9.17) is 16.7 Å². The molecule has 1 aliphatic carbocycles. The molecule has 6 heteroatoms. The Morgan fingerprint density at radius 3 is 2.74 bits per heavy atom. The Morgan fingerprint density at radius 2 is 2.11 bits per heavy atom. The third-order valence-corrected chi connectivity index (χ3v) is 3.53. The normalized spacial score (nSPS) is 22.2. The molecule has 1 aliphatic rings. The highest BCUT2D eigenvalue weighted by Crippen LogP contribution is 2.26. The summed E-state index contributed by atoms with van der Waals surface area (Å²) in [6.07, 6.45) is 1.49. The quantitative estimate of drug-likeness (QED) is 0.896. The van der Waals surface area contributed by atoms with Crippen LogP contribution in [-0.4, -0.2) is 23.0 Å². The van der Waals surface area contributed by atoms with Crippen molar-refractivity contribution in [1.29, 1.82) is 0 Å². The highest BCUT2D eigenvalue weighted by atomic mass is 35.5. The highest BCUT2D eigenvalue weighted by Gasteiger charge is 2.31. The topological polar surface area (TPSA) is 66.4 Å². The average molecular weight is 286 g/mol. The van der Waals surface area contributed by atoms with Gasteiger partial charge in [0.2, 0.25) is 0 Å². The summed E-state index contributed by atoms with van der Waals surface area (Å²) in [5.74, 6) is -2.49. The lowest BCUT2D eigenvalue weighted by Gasteiger charge is -2.13. The van der Waals surface area contributed by atoms with Crippen LogP contribution in [0, 0.1) is 11.7 Å². The van der Waals surface area contributed by atoms with Gasteiger partial charge in [0.05, 0.1) is 11.5 Å². The lowest BCUT2D eigenvalue weighted by Crippen LogP contribution is -2.33. The van der Waals surface area contributed by atoms with Crippen molar-refractivity contribution in [3.8, 4) is 0 Å². The summed E-state index contributed by atoms with van der Waals surface area (Å²) in [6, 6.07) is 3.53. The van der Waals surface area contributed by atoms with Crippen molar-refractivity contribution in [1.82, 2.24) is 5.32 Å². The number of hydrogen-bond acceptors (Lipinski definition) is 2. The van der Waals surface area contributed by atoms with Gasteiger partial charge in [-0.3, -0.25) is 9.59 Å². The van der Waals surface area contributed by atoms with Crippen LogP contribution in [-0.2, 0) is 4.79 Å². The van der Waals surface area contributed by atoms with Crippen LogP contribution in [0.1, 0.15) is 29.6 Å². The maximum atomic E-state index is 13.5. The van der Waals surface area contributed by atoms with E-state index in [9.17, 15) is 14.0 Å². The van der Waals surface area contributed by atoms with E-state index in [1.807, 2.05) is 0 Å².